The monoisotopic (exact) mass is 240 g/mol. The molecule has 2 N–H and O–H groups in total. The molecule has 0 aromatic carbocycles. The van der Waals surface area contributed by atoms with Crippen LogP contribution in [0.3, 0.4) is 0 Å². The minimum Gasteiger partial charge on any atom is -0.481 e. The fourth-order valence-corrected chi connectivity index (χ4v) is 2.78. The van der Waals surface area contributed by atoms with E-state index in [-0.39, 0.29) is 23.8 Å². The molecular weight excluding hydrogens is 220 g/mol. The highest BCUT2D eigenvalue weighted by Crippen LogP contribution is 2.23. The number of rotatable bonds is 2. The fraction of sp³-hybridized carbons (Fsp3) is 0.833. The lowest BCUT2D eigenvalue weighted by molar-refractivity contribution is -0.146. The van der Waals surface area contributed by atoms with Crippen LogP contribution in [0.25, 0.3) is 0 Å². The van der Waals surface area contributed by atoms with Crippen LogP contribution in [0, 0.1) is 11.8 Å². The summed E-state index contributed by atoms with van der Waals surface area (Å²) in [5, 5.41) is 12.2. The number of carboxylic acid groups (broad SMARTS) is 1. The highest BCUT2D eigenvalue weighted by Gasteiger charge is 2.35. The second-order valence-corrected chi connectivity index (χ2v) is 5.08. The second kappa shape index (κ2) is 5.04. The van der Waals surface area contributed by atoms with Gasteiger partial charge in [0.05, 0.1) is 11.8 Å². The average Bonchev–Trinajstić information content (AvgIpc) is 2.74. The Bertz CT molecular complexity index is 311. The molecule has 0 bridgehead atoms. The number of carbonyl (C=O) groups is 2. The van der Waals surface area contributed by atoms with Crippen molar-refractivity contribution in [2.75, 3.05) is 19.6 Å². The van der Waals surface area contributed by atoms with Gasteiger partial charge in [-0.25, -0.2) is 0 Å². The molecule has 0 aromatic rings. The van der Waals surface area contributed by atoms with Crippen LogP contribution in [0.2, 0.25) is 0 Å². The molecule has 96 valence electrons. The van der Waals surface area contributed by atoms with Crippen molar-refractivity contribution in [3.8, 4) is 0 Å². The average molecular weight is 240 g/mol. The van der Waals surface area contributed by atoms with Crippen molar-refractivity contribution in [1.29, 1.82) is 0 Å². The van der Waals surface area contributed by atoms with E-state index in [0.717, 1.165) is 13.0 Å². The fourth-order valence-electron chi connectivity index (χ4n) is 2.78. The van der Waals surface area contributed by atoms with Crippen LogP contribution in [0.4, 0.5) is 0 Å². The van der Waals surface area contributed by atoms with Crippen molar-refractivity contribution >= 4 is 11.9 Å². The zero-order valence-electron chi connectivity index (χ0n) is 10.2. The third-order valence-electron chi connectivity index (χ3n) is 4.00. The Morgan fingerprint density at radius 2 is 1.88 bits per heavy atom. The zero-order chi connectivity index (χ0) is 12.4. The van der Waals surface area contributed by atoms with E-state index < -0.39 is 5.97 Å². The van der Waals surface area contributed by atoms with Crippen LogP contribution in [-0.2, 0) is 9.59 Å². The van der Waals surface area contributed by atoms with Gasteiger partial charge in [-0.3, -0.25) is 9.59 Å². The molecule has 5 heteroatoms. The number of piperidine rings is 1. The normalized spacial score (nSPS) is 30.5. The standard InChI is InChI=1S/C12H20N2O3/c1-8-10(2-5-13-8)11(15)14-6-3-9(4-7-14)12(16)17/h8-10,13H,2-7H2,1H3,(H,16,17). The summed E-state index contributed by atoms with van der Waals surface area (Å²) < 4.78 is 0. The van der Waals surface area contributed by atoms with E-state index in [1.807, 2.05) is 11.8 Å². The molecule has 1 amide bonds. The molecule has 0 spiro atoms. The number of amides is 1. The first kappa shape index (κ1) is 12.4. The van der Waals surface area contributed by atoms with Crippen molar-refractivity contribution in [3.05, 3.63) is 0 Å². The number of carbonyl (C=O) groups excluding carboxylic acids is 1. The molecule has 0 aliphatic carbocycles. The lowest BCUT2D eigenvalue weighted by Gasteiger charge is -2.32. The van der Waals surface area contributed by atoms with Crippen LogP contribution >= 0.6 is 0 Å². The Morgan fingerprint density at radius 1 is 1.24 bits per heavy atom. The van der Waals surface area contributed by atoms with Crippen molar-refractivity contribution in [2.45, 2.75) is 32.2 Å². The summed E-state index contributed by atoms with van der Waals surface area (Å²) in [5.74, 6) is -0.714. The molecule has 2 rings (SSSR count). The summed E-state index contributed by atoms with van der Waals surface area (Å²) in [6, 6.07) is 0.250. The van der Waals surface area contributed by atoms with Gasteiger partial charge < -0.3 is 15.3 Å². The molecule has 0 saturated carbocycles. The van der Waals surface area contributed by atoms with E-state index in [1.165, 1.54) is 0 Å². The number of nitrogens with one attached hydrogen (secondary N) is 1. The predicted molar refractivity (Wildman–Crippen MR) is 62.5 cm³/mol. The topological polar surface area (TPSA) is 69.6 Å². The van der Waals surface area contributed by atoms with Gasteiger partial charge in [0.15, 0.2) is 0 Å². The van der Waals surface area contributed by atoms with E-state index in [1.54, 1.807) is 0 Å². The molecule has 2 aliphatic rings. The number of likely N-dealkylation sites (tertiary alicyclic amines) is 1. The number of aliphatic carboxylic acids is 1. The molecule has 2 fully saturated rings. The Balaban J connectivity index is 1.88. The van der Waals surface area contributed by atoms with Gasteiger partial charge in [-0.2, -0.15) is 0 Å². The third-order valence-corrected chi connectivity index (χ3v) is 4.00. The highest BCUT2D eigenvalue weighted by molar-refractivity contribution is 5.80. The van der Waals surface area contributed by atoms with Gasteiger partial charge in [0, 0.05) is 19.1 Å². The van der Waals surface area contributed by atoms with Gasteiger partial charge in [0.2, 0.25) is 5.91 Å². The van der Waals surface area contributed by atoms with Crippen molar-refractivity contribution in [2.24, 2.45) is 11.8 Å². The van der Waals surface area contributed by atoms with E-state index in [0.29, 0.717) is 25.9 Å². The summed E-state index contributed by atoms with van der Waals surface area (Å²) in [6.45, 7) is 4.14. The number of nitrogens with zero attached hydrogens (tertiary/aromatic N) is 1. The maximum Gasteiger partial charge on any atom is 0.306 e. The molecule has 5 nitrogen and oxygen atoms in total. The summed E-state index contributed by atoms with van der Waals surface area (Å²) in [5.41, 5.74) is 0. The van der Waals surface area contributed by atoms with Crippen LogP contribution in [-0.4, -0.2) is 47.6 Å². The molecule has 17 heavy (non-hydrogen) atoms. The smallest absolute Gasteiger partial charge is 0.306 e. The number of hydrogen-bond acceptors (Lipinski definition) is 3. The summed E-state index contributed by atoms with van der Waals surface area (Å²) in [6.07, 6.45) is 2.09. The first-order chi connectivity index (χ1) is 8.09. The van der Waals surface area contributed by atoms with Crippen LogP contribution in [0.1, 0.15) is 26.2 Å². The summed E-state index contributed by atoms with van der Waals surface area (Å²) >= 11 is 0. The SMILES string of the molecule is CC1NCCC1C(=O)N1CCC(C(=O)O)CC1. The third kappa shape index (κ3) is 2.60. The van der Waals surface area contributed by atoms with Crippen molar-refractivity contribution in [3.63, 3.8) is 0 Å². The predicted octanol–water partition coefficient (Wildman–Crippen LogP) is 0.308. The minimum atomic E-state index is -0.729. The van der Waals surface area contributed by atoms with Crippen LogP contribution in [0.15, 0.2) is 0 Å². The first-order valence-corrected chi connectivity index (χ1v) is 6.34. The maximum absolute atomic E-state index is 12.2. The Labute approximate surface area is 101 Å². The zero-order valence-corrected chi connectivity index (χ0v) is 10.2. The summed E-state index contributed by atoms with van der Waals surface area (Å²) in [7, 11) is 0. The van der Waals surface area contributed by atoms with E-state index >= 15 is 0 Å². The van der Waals surface area contributed by atoms with Crippen molar-refractivity contribution in [1.82, 2.24) is 10.2 Å². The molecule has 0 aromatic heterocycles. The second-order valence-electron chi connectivity index (χ2n) is 5.08. The molecule has 2 heterocycles. The maximum atomic E-state index is 12.2. The van der Waals surface area contributed by atoms with Gasteiger partial charge in [-0.1, -0.05) is 0 Å². The van der Waals surface area contributed by atoms with Crippen molar-refractivity contribution < 1.29 is 14.7 Å². The quantitative estimate of drug-likeness (QED) is 0.728. The molecular formula is C12H20N2O3. The van der Waals surface area contributed by atoms with Gasteiger partial charge in [-0.05, 0) is 32.7 Å². The molecule has 2 saturated heterocycles. The van der Waals surface area contributed by atoms with Crippen LogP contribution < -0.4 is 5.32 Å². The van der Waals surface area contributed by atoms with Gasteiger partial charge in [0.25, 0.3) is 0 Å². The van der Waals surface area contributed by atoms with Gasteiger partial charge >= 0.3 is 5.97 Å². The van der Waals surface area contributed by atoms with E-state index in [9.17, 15) is 9.59 Å². The van der Waals surface area contributed by atoms with Gasteiger partial charge in [-0.15, -0.1) is 0 Å². The van der Waals surface area contributed by atoms with E-state index in [2.05, 4.69) is 5.32 Å². The highest BCUT2D eigenvalue weighted by atomic mass is 16.4. The van der Waals surface area contributed by atoms with E-state index in [4.69, 9.17) is 5.11 Å². The number of hydrogen-bond donors (Lipinski definition) is 2. The number of carboxylic acids is 1. The summed E-state index contributed by atoms with van der Waals surface area (Å²) in [4.78, 5) is 24.9. The lowest BCUT2D eigenvalue weighted by Crippen LogP contribution is -2.45. The minimum absolute atomic E-state index is 0.0800. The molecule has 2 atom stereocenters. The lowest BCUT2D eigenvalue weighted by atomic mass is 9.94. The largest absolute Gasteiger partial charge is 0.481 e. The first-order valence-electron chi connectivity index (χ1n) is 6.34. The Kier molecular flexibility index (Phi) is 3.66. The molecule has 0 radical (unpaired) electrons. The Morgan fingerprint density at radius 3 is 2.35 bits per heavy atom. The molecule has 2 unspecified atom stereocenters. The Hall–Kier alpha value is -1.10. The molecule has 2 aliphatic heterocycles. The van der Waals surface area contributed by atoms with Crippen LogP contribution in [0.5, 0.6) is 0 Å². The van der Waals surface area contributed by atoms with Gasteiger partial charge in [0.1, 0.15) is 0 Å².